The Balaban J connectivity index is 1.34. The number of carbonyl (C=O) groups is 2. The molecule has 1 aliphatic rings. The fourth-order valence-electron chi connectivity index (χ4n) is 3.68. The molecule has 4 heterocycles. The lowest BCUT2D eigenvalue weighted by molar-refractivity contribution is -0.126. The summed E-state index contributed by atoms with van der Waals surface area (Å²) in [6.45, 7) is 3.51. The van der Waals surface area contributed by atoms with Crippen molar-refractivity contribution < 1.29 is 9.59 Å². The number of fused-ring (bicyclic) bond motifs is 1. The number of hydrogen-bond donors (Lipinski definition) is 2. The summed E-state index contributed by atoms with van der Waals surface area (Å²) in [6, 6.07) is 2.07. The number of aromatic amines is 1. The second-order valence-corrected chi connectivity index (χ2v) is 8.99. The number of piperidine rings is 1. The first-order valence-corrected chi connectivity index (χ1v) is 11.4. The summed E-state index contributed by atoms with van der Waals surface area (Å²) in [7, 11) is 0. The molecule has 0 radical (unpaired) electrons. The van der Waals surface area contributed by atoms with Gasteiger partial charge in [-0.2, -0.15) is 11.3 Å². The van der Waals surface area contributed by atoms with Crippen LogP contribution in [0.4, 0.5) is 0 Å². The first kappa shape index (κ1) is 19.8. The Bertz CT molecular complexity index is 1080. The number of aryl methyl sites for hydroxylation is 1. The van der Waals surface area contributed by atoms with Gasteiger partial charge in [-0.1, -0.05) is 0 Å². The minimum atomic E-state index is -0.222. The van der Waals surface area contributed by atoms with Gasteiger partial charge in [-0.15, -0.1) is 11.3 Å². The number of amides is 2. The van der Waals surface area contributed by atoms with Gasteiger partial charge in [-0.3, -0.25) is 14.4 Å². The summed E-state index contributed by atoms with van der Waals surface area (Å²) in [6.07, 6.45) is 3.50. The van der Waals surface area contributed by atoms with Gasteiger partial charge in [-0.25, -0.2) is 4.98 Å². The van der Waals surface area contributed by atoms with E-state index in [1.165, 1.54) is 23.2 Å². The molecule has 1 aliphatic heterocycles. The summed E-state index contributed by atoms with van der Waals surface area (Å²) in [5, 5.41) is 7.63. The molecular formula is C20H22N4O3S2. The van der Waals surface area contributed by atoms with Crippen LogP contribution in [0.15, 0.2) is 27.9 Å². The second-order valence-electron chi connectivity index (χ2n) is 7.21. The van der Waals surface area contributed by atoms with Crippen LogP contribution < -0.4 is 10.9 Å². The molecule has 4 rings (SSSR count). The van der Waals surface area contributed by atoms with Crippen LogP contribution in [0.2, 0.25) is 0 Å². The summed E-state index contributed by atoms with van der Waals surface area (Å²) >= 11 is 2.91. The Morgan fingerprint density at radius 3 is 2.83 bits per heavy atom. The average Bonchev–Trinajstić information content (AvgIpc) is 3.36. The van der Waals surface area contributed by atoms with Crippen molar-refractivity contribution in [1.82, 2.24) is 20.2 Å². The highest BCUT2D eigenvalue weighted by molar-refractivity contribution is 7.20. The fourth-order valence-corrected chi connectivity index (χ4v) is 5.50. The van der Waals surface area contributed by atoms with E-state index >= 15 is 0 Å². The van der Waals surface area contributed by atoms with Crippen LogP contribution in [0.1, 0.15) is 33.6 Å². The zero-order valence-electron chi connectivity index (χ0n) is 16.1. The molecule has 0 unspecified atom stereocenters. The Kier molecular flexibility index (Phi) is 5.77. The molecular weight excluding hydrogens is 408 g/mol. The number of nitrogens with zero attached hydrogens (tertiary/aromatic N) is 2. The Morgan fingerprint density at radius 1 is 1.34 bits per heavy atom. The molecule has 0 spiro atoms. The van der Waals surface area contributed by atoms with Crippen molar-refractivity contribution >= 4 is 44.7 Å². The van der Waals surface area contributed by atoms with E-state index in [4.69, 9.17) is 0 Å². The van der Waals surface area contributed by atoms with Crippen LogP contribution in [-0.4, -0.2) is 46.3 Å². The van der Waals surface area contributed by atoms with Crippen LogP contribution >= 0.6 is 22.7 Å². The Hall–Kier alpha value is -2.52. The van der Waals surface area contributed by atoms with Crippen LogP contribution in [0, 0.1) is 12.8 Å². The van der Waals surface area contributed by atoms with E-state index in [-0.39, 0.29) is 23.3 Å². The quantitative estimate of drug-likeness (QED) is 0.650. The van der Waals surface area contributed by atoms with Crippen molar-refractivity contribution in [3.63, 3.8) is 0 Å². The standard InChI is InChI=1S/C20H22N4O3S2/c1-12-15-18(26)22-11-23-19(15)29-16(12)20(27)24-7-3-14(4-8-24)17(25)21-6-2-13-5-9-28-10-13/h5,9-11,14H,2-4,6-8H2,1H3,(H,21,25)(H,22,23,26). The number of thiophene rings is 2. The molecule has 29 heavy (non-hydrogen) atoms. The van der Waals surface area contributed by atoms with E-state index < -0.39 is 0 Å². The van der Waals surface area contributed by atoms with Crippen LogP contribution in [-0.2, 0) is 11.2 Å². The smallest absolute Gasteiger partial charge is 0.264 e. The molecule has 0 aromatic carbocycles. The van der Waals surface area contributed by atoms with Gasteiger partial charge in [0.15, 0.2) is 0 Å². The monoisotopic (exact) mass is 430 g/mol. The third kappa shape index (κ3) is 4.11. The van der Waals surface area contributed by atoms with Gasteiger partial charge in [0.25, 0.3) is 11.5 Å². The minimum absolute atomic E-state index is 0.0606. The van der Waals surface area contributed by atoms with Crippen LogP contribution in [0.5, 0.6) is 0 Å². The van der Waals surface area contributed by atoms with Crippen molar-refractivity contribution in [2.24, 2.45) is 5.92 Å². The minimum Gasteiger partial charge on any atom is -0.356 e. The molecule has 0 bridgehead atoms. The maximum Gasteiger partial charge on any atom is 0.264 e. The lowest BCUT2D eigenvalue weighted by atomic mass is 9.95. The summed E-state index contributed by atoms with van der Waals surface area (Å²) < 4.78 is 0. The van der Waals surface area contributed by atoms with E-state index in [0.717, 1.165) is 6.42 Å². The van der Waals surface area contributed by atoms with Crippen molar-refractivity contribution in [2.75, 3.05) is 19.6 Å². The third-order valence-electron chi connectivity index (χ3n) is 5.37. The SMILES string of the molecule is Cc1c(C(=O)N2CCC(C(=O)NCCc3ccsc3)CC2)sc2nc[nH]c(=O)c12. The van der Waals surface area contributed by atoms with Gasteiger partial charge >= 0.3 is 0 Å². The number of likely N-dealkylation sites (tertiary alicyclic amines) is 1. The van der Waals surface area contributed by atoms with Gasteiger partial charge in [0.05, 0.1) is 16.6 Å². The highest BCUT2D eigenvalue weighted by atomic mass is 32.1. The van der Waals surface area contributed by atoms with Crippen molar-refractivity contribution in [3.8, 4) is 0 Å². The molecule has 1 fully saturated rings. The number of carbonyl (C=O) groups excluding carboxylic acids is 2. The summed E-state index contributed by atoms with van der Waals surface area (Å²) in [4.78, 5) is 47.1. The van der Waals surface area contributed by atoms with Gasteiger partial charge in [0, 0.05) is 25.6 Å². The van der Waals surface area contributed by atoms with Gasteiger partial charge in [0.2, 0.25) is 5.91 Å². The van der Waals surface area contributed by atoms with Crippen LogP contribution in [0.3, 0.4) is 0 Å². The lowest BCUT2D eigenvalue weighted by Gasteiger charge is -2.31. The molecule has 3 aromatic rings. The third-order valence-corrected chi connectivity index (χ3v) is 7.29. The Labute approximate surface area is 175 Å². The van der Waals surface area contributed by atoms with Crippen LogP contribution in [0.25, 0.3) is 10.2 Å². The van der Waals surface area contributed by atoms with Gasteiger partial charge < -0.3 is 15.2 Å². The highest BCUT2D eigenvalue weighted by Gasteiger charge is 2.29. The molecule has 3 aromatic heterocycles. The first-order chi connectivity index (χ1) is 14.0. The summed E-state index contributed by atoms with van der Waals surface area (Å²) in [5.74, 6) is -0.0724. The first-order valence-electron chi connectivity index (χ1n) is 9.59. The molecule has 2 N–H and O–H groups in total. The maximum atomic E-state index is 13.0. The predicted octanol–water partition coefficient (Wildman–Crippen LogP) is 2.57. The Morgan fingerprint density at radius 2 is 2.14 bits per heavy atom. The lowest BCUT2D eigenvalue weighted by Crippen LogP contribution is -2.43. The molecule has 9 heteroatoms. The van der Waals surface area contributed by atoms with Gasteiger partial charge in [-0.05, 0) is 54.1 Å². The highest BCUT2D eigenvalue weighted by Crippen LogP contribution is 2.29. The zero-order chi connectivity index (χ0) is 20.4. The van der Waals surface area contributed by atoms with E-state index in [1.54, 1.807) is 23.2 Å². The number of aromatic nitrogens is 2. The maximum absolute atomic E-state index is 13.0. The second kappa shape index (κ2) is 8.46. The molecule has 7 nitrogen and oxygen atoms in total. The molecule has 0 aliphatic carbocycles. The fraction of sp³-hybridized carbons (Fsp3) is 0.400. The molecule has 152 valence electrons. The average molecular weight is 431 g/mol. The number of rotatable bonds is 5. The molecule has 0 atom stereocenters. The van der Waals surface area contributed by atoms with Crippen molar-refractivity contribution in [2.45, 2.75) is 26.2 Å². The van der Waals surface area contributed by atoms with Crippen molar-refractivity contribution in [1.29, 1.82) is 0 Å². The number of hydrogen-bond acceptors (Lipinski definition) is 6. The largest absolute Gasteiger partial charge is 0.356 e. The van der Waals surface area contributed by atoms with Gasteiger partial charge in [0.1, 0.15) is 4.83 Å². The molecule has 1 saturated heterocycles. The number of H-pyrrole nitrogens is 1. The van der Waals surface area contributed by atoms with E-state index in [1.807, 2.05) is 5.38 Å². The topological polar surface area (TPSA) is 95.2 Å². The normalized spacial score (nSPS) is 15.0. The van der Waals surface area contributed by atoms with E-state index in [2.05, 4.69) is 26.7 Å². The molecule has 0 saturated carbocycles. The predicted molar refractivity (Wildman–Crippen MR) is 115 cm³/mol. The van der Waals surface area contributed by atoms with Crippen molar-refractivity contribution in [3.05, 3.63) is 49.5 Å². The molecule has 2 amide bonds. The number of nitrogens with one attached hydrogen (secondary N) is 2. The van der Waals surface area contributed by atoms with E-state index in [9.17, 15) is 14.4 Å². The zero-order valence-corrected chi connectivity index (χ0v) is 17.7. The van der Waals surface area contributed by atoms with E-state index in [0.29, 0.717) is 53.1 Å². The summed E-state index contributed by atoms with van der Waals surface area (Å²) in [5.41, 5.74) is 1.70.